The minimum Gasteiger partial charge on any atom is -0.507 e. The number of benzene rings is 2. The zero-order valence-electron chi connectivity index (χ0n) is 20.5. The van der Waals surface area contributed by atoms with Gasteiger partial charge in [-0.05, 0) is 55.2 Å². The number of ketones is 1. The summed E-state index contributed by atoms with van der Waals surface area (Å²) in [5, 5.41) is 11.3. The number of carbonyl (C=O) groups is 2. The van der Waals surface area contributed by atoms with E-state index in [1.165, 1.54) is 29.2 Å². The third-order valence-electron chi connectivity index (χ3n) is 5.79. The molecule has 1 fully saturated rings. The molecule has 34 heavy (non-hydrogen) atoms. The van der Waals surface area contributed by atoms with Gasteiger partial charge in [-0.3, -0.25) is 9.59 Å². The molecule has 1 heterocycles. The first-order valence-electron chi connectivity index (χ1n) is 11.3. The van der Waals surface area contributed by atoms with Crippen LogP contribution in [0.15, 0.2) is 48.0 Å². The third-order valence-corrected chi connectivity index (χ3v) is 5.79. The van der Waals surface area contributed by atoms with E-state index in [2.05, 4.69) is 0 Å². The first-order chi connectivity index (χ1) is 16.0. The first kappa shape index (κ1) is 25.4. The minimum absolute atomic E-state index is 0.0359. The minimum atomic E-state index is -0.864. The van der Waals surface area contributed by atoms with Crippen molar-refractivity contribution in [3.63, 3.8) is 0 Å². The van der Waals surface area contributed by atoms with Gasteiger partial charge < -0.3 is 19.5 Å². The van der Waals surface area contributed by atoms with Gasteiger partial charge in [-0.15, -0.1) is 0 Å². The van der Waals surface area contributed by atoms with Gasteiger partial charge in [-0.1, -0.05) is 32.9 Å². The van der Waals surface area contributed by atoms with Gasteiger partial charge in [-0.2, -0.15) is 0 Å². The number of aliphatic hydroxyl groups excluding tert-OH is 1. The molecule has 1 unspecified atom stereocenters. The molecule has 3 rings (SSSR count). The summed E-state index contributed by atoms with van der Waals surface area (Å²) in [6, 6.07) is 9.86. The molecular weight excluding hydrogens is 437 g/mol. The standard InChI is InChI=1S/C27H32FNO5/c1-16(2)34-14-13-29-23(17-7-10-19(28)11-8-17)22(25(31)26(29)32)24(30)18-9-12-21(33-6)20(15-18)27(3,4)5/h7-12,15-16,23,30H,13-14H2,1-6H3/b24-22-. The summed E-state index contributed by atoms with van der Waals surface area (Å²) in [6.07, 6.45) is -0.0452. The van der Waals surface area contributed by atoms with E-state index in [9.17, 15) is 19.1 Å². The van der Waals surface area contributed by atoms with Crippen molar-refractivity contribution in [2.24, 2.45) is 0 Å². The van der Waals surface area contributed by atoms with Gasteiger partial charge >= 0.3 is 0 Å². The first-order valence-corrected chi connectivity index (χ1v) is 11.3. The molecule has 2 aromatic rings. The van der Waals surface area contributed by atoms with Crippen LogP contribution in [0, 0.1) is 5.82 Å². The van der Waals surface area contributed by atoms with Crippen molar-refractivity contribution in [2.45, 2.75) is 52.2 Å². The van der Waals surface area contributed by atoms with E-state index in [1.807, 2.05) is 34.6 Å². The summed E-state index contributed by atoms with van der Waals surface area (Å²) in [6.45, 7) is 10.2. The normalized spacial score (nSPS) is 18.1. The summed E-state index contributed by atoms with van der Waals surface area (Å²) in [4.78, 5) is 27.5. The lowest BCUT2D eigenvalue weighted by Crippen LogP contribution is -2.33. The molecule has 0 bridgehead atoms. The van der Waals surface area contributed by atoms with Crippen LogP contribution in [0.25, 0.3) is 5.76 Å². The topological polar surface area (TPSA) is 76.1 Å². The molecule has 0 aliphatic carbocycles. The summed E-state index contributed by atoms with van der Waals surface area (Å²) in [5.41, 5.74) is 1.44. The Morgan fingerprint density at radius 2 is 1.76 bits per heavy atom. The average Bonchev–Trinajstić information content (AvgIpc) is 3.03. The molecular formula is C27H32FNO5. The van der Waals surface area contributed by atoms with Crippen molar-refractivity contribution in [2.75, 3.05) is 20.3 Å². The lowest BCUT2D eigenvalue weighted by Gasteiger charge is -2.26. The van der Waals surface area contributed by atoms with Crippen LogP contribution in [-0.2, 0) is 19.7 Å². The van der Waals surface area contributed by atoms with E-state index in [1.54, 1.807) is 25.3 Å². The number of halogens is 1. The molecule has 1 aliphatic rings. The van der Waals surface area contributed by atoms with Crippen molar-refractivity contribution in [1.29, 1.82) is 0 Å². The molecule has 2 aromatic carbocycles. The second-order valence-electron chi connectivity index (χ2n) is 9.63. The van der Waals surface area contributed by atoms with Crippen LogP contribution >= 0.6 is 0 Å². The fourth-order valence-corrected chi connectivity index (χ4v) is 4.09. The highest BCUT2D eigenvalue weighted by Crippen LogP contribution is 2.41. The zero-order chi connectivity index (χ0) is 25.2. The van der Waals surface area contributed by atoms with Gasteiger partial charge in [-0.25, -0.2) is 4.39 Å². The van der Waals surface area contributed by atoms with E-state index >= 15 is 0 Å². The van der Waals surface area contributed by atoms with E-state index in [-0.39, 0.29) is 36.0 Å². The van der Waals surface area contributed by atoms with Crippen molar-refractivity contribution in [1.82, 2.24) is 4.90 Å². The highest BCUT2D eigenvalue weighted by Gasteiger charge is 2.46. The number of Topliss-reactive ketones (excluding diaryl/α,β-unsaturated/α-hetero) is 1. The van der Waals surface area contributed by atoms with E-state index in [4.69, 9.17) is 9.47 Å². The summed E-state index contributed by atoms with van der Waals surface area (Å²) < 4.78 is 24.7. The second-order valence-corrected chi connectivity index (χ2v) is 9.63. The van der Waals surface area contributed by atoms with Gasteiger partial charge in [0.05, 0.1) is 31.4 Å². The number of ether oxygens (including phenoxy) is 2. The van der Waals surface area contributed by atoms with Crippen molar-refractivity contribution in [3.8, 4) is 5.75 Å². The Kier molecular flexibility index (Phi) is 7.46. The van der Waals surface area contributed by atoms with E-state index in [0.717, 1.165) is 5.56 Å². The maximum absolute atomic E-state index is 13.6. The predicted octanol–water partition coefficient (Wildman–Crippen LogP) is 4.98. The maximum Gasteiger partial charge on any atom is 0.295 e. The van der Waals surface area contributed by atoms with Crippen molar-refractivity contribution < 1.29 is 28.6 Å². The number of hydrogen-bond donors (Lipinski definition) is 1. The van der Waals surface area contributed by atoms with Crippen molar-refractivity contribution >= 4 is 17.4 Å². The van der Waals surface area contributed by atoms with Crippen LogP contribution in [0.3, 0.4) is 0 Å². The van der Waals surface area contributed by atoms with Crippen LogP contribution in [0.5, 0.6) is 5.75 Å². The van der Waals surface area contributed by atoms with Crippen LogP contribution < -0.4 is 4.74 Å². The number of likely N-dealkylation sites (tertiary alicyclic amines) is 1. The lowest BCUT2D eigenvalue weighted by molar-refractivity contribution is -0.140. The fourth-order valence-electron chi connectivity index (χ4n) is 4.09. The molecule has 6 nitrogen and oxygen atoms in total. The molecule has 1 saturated heterocycles. The predicted molar refractivity (Wildman–Crippen MR) is 128 cm³/mol. The molecule has 0 aromatic heterocycles. The van der Waals surface area contributed by atoms with E-state index < -0.39 is 23.5 Å². The van der Waals surface area contributed by atoms with Crippen LogP contribution in [0.2, 0.25) is 0 Å². The Hall–Kier alpha value is -3.19. The summed E-state index contributed by atoms with van der Waals surface area (Å²) in [7, 11) is 1.57. The Labute approximate surface area is 200 Å². The third kappa shape index (κ3) is 5.14. The number of rotatable bonds is 7. The number of hydrogen-bond acceptors (Lipinski definition) is 5. The Bertz CT molecular complexity index is 1100. The quantitative estimate of drug-likeness (QED) is 0.352. The molecule has 0 radical (unpaired) electrons. The van der Waals surface area contributed by atoms with Gasteiger partial charge in [0.15, 0.2) is 0 Å². The van der Waals surface area contributed by atoms with Gasteiger partial charge in [0.1, 0.15) is 17.3 Å². The number of methoxy groups -OCH3 is 1. The van der Waals surface area contributed by atoms with Gasteiger partial charge in [0, 0.05) is 17.7 Å². The fraction of sp³-hybridized carbons (Fsp3) is 0.407. The molecule has 1 atom stereocenters. The summed E-state index contributed by atoms with van der Waals surface area (Å²) in [5.74, 6) is -1.58. The van der Waals surface area contributed by atoms with Crippen LogP contribution in [0.4, 0.5) is 4.39 Å². The molecule has 1 aliphatic heterocycles. The highest BCUT2D eigenvalue weighted by atomic mass is 19.1. The van der Waals surface area contributed by atoms with Crippen molar-refractivity contribution in [3.05, 3.63) is 70.5 Å². The maximum atomic E-state index is 13.6. The number of carbonyl (C=O) groups excluding carboxylic acids is 2. The number of nitrogens with zero attached hydrogens (tertiary/aromatic N) is 1. The Morgan fingerprint density at radius 3 is 2.32 bits per heavy atom. The molecule has 0 saturated carbocycles. The average molecular weight is 470 g/mol. The molecule has 0 spiro atoms. The van der Waals surface area contributed by atoms with Gasteiger partial charge in [0.25, 0.3) is 11.7 Å². The van der Waals surface area contributed by atoms with Crippen LogP contribution in [0.1, 0.15) is 57.4 Å². The Morgan fingerprint density at radius 1 is 1.12 bits per heavy atom. The summed E-state index contributed by atoms with van der Waals surface area (Å²) >= 11 is 0. The molecule has 7 heteroatoms. The van der Waals surface area contributed by atoms with Gasteiger partial charge in [0.2, 0.25) is 0 Å². The molecule has 1 amide bonds. The Balaban J connectivity index is 2.15. The SMILES string of the molecule is COc1ccc(/C(O)=C2/C(=O)C(=O)N(CCOC(C)C)C2c2ccc(F)cc2)cc1C(C)(C)C. The van der Waals surface area contributed by atoms with Crippen LogP contribution in [-0.4, -0.2) is 48.1 Å². The monoisotopic (exact) mass is 469 g/mol. The highest BCUT2D eigenvalue weighted by molar-refractivity contribution is 6.46. The smallest absolute Gasteiger partial charge is 0.295 e. The second kappa shape index (κ2) is 9.97. The van der Waals surface area contributed by atoms with E-state index in [0.29, 0.717) is 16.9 Å². The zero-order valence-corrected chi connectivity index (χ0v) is 20.5. The molecule has 1 N–H and O–H groups in total. The number of aliphatic hydroxyl groups is 1. The largest absolute Gasteiger partial charge is 0.507 e. The number of amides is 1. The molecule has 182 valence electrons. The lowest BCUT2D eigenvalue weighted by atomic mass is 9.84.